The van der Waals surface area contributed by atoms with Gasteiger partial charge >= 0.3 is 6.16 Å². The minimum absolute atomic E-state index is 0.0977. The Hall–Kier alpha value is -3.19. The van der Waals surface area contributed by atoms with Crippen molar-refractivity contribution >= 4 is 17.1 Å². The molecule has 3 aromatic rings. The number of carboxylic acid groups (broad SMARTS) is 1. The molecule has 4 rings (SSSR count). The monoisotopic (exact) mass is 368 g/mol. The Bertz CT molecular complexity index is 1100. The number of pyridine rings is 1. The van der Waals surface area contributed by atoms with Gasteiger partial charge < -0.3 is 20.1 Å². The Labute approximate surface area is 153 Å². The highest BCUT2D eigenvalue weighted by molar-refractivity contribution is 5.86. The summed E-state index contributed by atoms with van der Waals surface area (Å²) in [6.07, 6.45) is 1.63. The van der Waals surface area contributed by atoms with E-state index in [0.29, 0.717) is 23.2 Å². The minimum Gasteiger partial charge on any atom is -0.449 e. The van der Waals surface area contributed by atoms with Crippen LogP contribution in [0, 0.1) is 5.82 Å². The van der Waals surface area contributed by atoms with Gasteiger partial charge in [-0.1, -0.05) is 24.3 Å². The van der Waals surface area contributed by atoms with Gasteiger partial charge in [0.1, 0.15) is 5.82 Å². The molecule has 1 heterocycles. The molecule has 0 spiro atoms. The summed E-state index contributed by atoms with van der Waals surface area (Å²) in [5.74, 6) is -0.878. The molecule has 0 amide bonds. The van der Waals surface area contributed by atoms with Crippen LogP contribution in [-0.2, 0) is 6.54 Å². The smallest absolute Gasteiger partial charge is 0.449 e. The fourth-order valence-corrected chi connectivity index (χ4v) is 3.21. The normalized spacial score (nSPS) is 13.7. The number of benzene rings is 2. The van der Waals surface area contributed by atoms with Crippen molar-refractivity contribution in [3.8, 4) is 16.9 Å². The number of ether oxygens (including phenoxy) is 1. The van der Waals surface area contributed by atoms with Crippen molar-refractivity contribution in [2.75, 3.05) is 0 Å². The summed E-state index contributed by atoms with van der Waals surface area (Å²) in [5, 5.41) is 8.94. The number of rotatable bonds is 4. The van der Waals surface area contributed by atoms with Gasteiger partial charge in [-0.05, 0) is 36.1 Å². The van der Waals surface area contributed by atoms with Crippen molar-refractivity contribution in [3.05, 3.63) is 64.2 Å². The lowest BCUT2D eigenvalue weighted by Crippen LogP contribution is -2.16. The Morgan fingerprint density at radius 3 is 2.56 bits per heavy atom. The topological polar surface area (TPSA) is 94.6 Å². The maximum atomic E-state index is 14.8. The number of aromatic nitrogens is 1. The molecule has 0 bridgehead atoms. The van der Waals surface area contributed by atoms with Crippen molar-refractivity contribution in [2.45, 2.75) is 25.4 Å². The molecule has 2 aromatic carbocycles. The third kappa shape index (κ3) is 3.17. The molecule has 1 fully saturated rings. The van der Waals surface area contributed by atoms with E-state index in [4.69, 9.17) is 10.8 Å². The highest BCUT2D eigenvalue weighted by atomic mass is 19.1. The zero-order chi connectivity index (χ0) is 19.1. The van der Waals surface area contributed by atoms with E-state index in [0.717, 1.165) is 24.5 Å². The van der Waals surface area contributed by atoms with Gasteiger partial charge in [0.05, 0.1) is 17.1 Å². The first kappa shape index (κ1) is 17.2. The van der Waals surface area contributed by atoms with Crippen molar-refractivity contribution < 1.29 is 19.0 Å². The quantitative estimate of drug-likeness (QED) is 0.686. The van der Waals surface area contributed by atoms with Gasteiger partial charge in [-0.25, -0.2) is 9.18 Å². The van der Waals surface area contributed by atoms with E-state index in [2.05, 4.69) is 4.74 Å². The molecule has 1 saturated carbocycles. The summed E-state index contributed by atoms with van der Waals surface area (Å²) in [4.78, 5) is 23.4. The van der Waals surface area contributed by atoms with Crippen molar-refractivity contribution in [3.63, 3.8) is 0 Å². The highest BCUT2D eigenvalue weighted by Gasteiger charge is 2.27. The van der Waals surface area contributed by atoms with Crippen LogP contribution in [0.4, 0.5) is 9.18 Å². The zero-order valence-corrected chi connectivity index (χ0v) is 14.3. The van der Waals surface area contributed by atoms with Gasteiger partial charge in [0, 0.05) is 18.2 Å². The van der Waals surface area contributed by atoms with E-state index < -0.39 is 17.4 Å². The Morgan fingerprint density at radius 2 is 1.96 bits per heavy atom. The summed E-state index contributed by atoms with van der Waals surface area (Å²) in [7, 11) is 0. The van der Waals surface area contributed by atoms with Gasteiger partial charge in [-0.15, -0.1) is 0 Å². The first-order chi connectivity index (χ1) is 13.0. The van der Waals surface area contributed by atoms with Gasteiger partial charge in [0.15, 0.2) is 5.75 Å². The molecule has 0 aliphatic heterocycles. The van der Waals surface area contributed by atoms with E-state index in [1.807, 2.05) is 12.1 Å². The Kier molecular flexibility index (Phi) is 4.16. The van der Waals surface area contributed by atoms with Crippen LogP contribution in [-0.4, -0.2) is 15.8 Å². The highest BCUT2D eigenvalue weighted by Crippen LogP contribution is 2.39. The summed E-state index contributed by atoms with van der Waals surface area (Å²) in [6.45, 7) is 0.397. The molecule has 3 N–H and O–H groups in total. The SMILES string of the molecule is NCc1ccc(-c2cc3c(cc2F)c(=O)c(OC(=O)O)cn3C2CC2)cc1. The van der Waals surface area contributed by atoms with Crippen molar-refractivity contribution in [1.29, 1.82) is 0 Å². The number of hydrogen-bond acceptors (Lipinski definition) is 4. The Balaban J connectivity index is 1.93. The lowest BCUT2D eigenvalue weighted by Gasteiger charge is -2.14. The van der Waals surface area contributed by atoms with Crippen LogP contribution >= 0.6 is 0 Å². The molecule has 1 aliphatic carbocycles. The fraction of sp³-hybridized carbons (Fsp3) is 0.200. The molecule has 6 nitrogen and oxygen atoms in total. The lowest BCUT2D eigenvalue weighted by atomic mass is 10.0. The van der Waals surface area contributed by atoms with Crippen LogP contribution in [0.1, 0.15) is 24.4 Å². The summed E-state index contributed by atoms with van der Waals surface area (Å²) in [5.41, 5.74) is 7.49. The fourth-order valence-electron chi connectivity index (χ4n) is 3.21. The third-order valence-corrected chi connectivity index (χ3v) is 4.73. The second kappa shape index (κ2) is 6.51. The zero-order valence-electron chi connectivity index (χ0n) is 14.3. The molecule has 138 valence electrons. The van der Waals surface area contributed by atoms with Crippen molar-refractivity contribution in [2.24, 2.45) is 5.73 Å². The predicted molar refractivity (Wildman–Crippen MR) is 98.4 cm³/mol. The molecule has 1 aromatic heterocycles. The maximum Gasteiger partial charge on any atom is 0.511 e. The van der Waals surface area contributed by atoms with E-state index in [1.165, 1.54) is 6.20 Å². The first-order valence-corrected chi connectivity index (χ1v) is 8.56. The second-order valence-corrected chi connectivity index (χ2v) is 6.58. The molecule has 0 unspecified atom stereocenters. The average molecular weight is 368 g/mol. The molecular weight excluding hydrogens is 351 g/mol. The molecular formula is C20H17FN2O4. The second-order valence-electron chi connectivity index (χ2n) is 6.58. The molecule has 27 heavy (non-hydrogen) atoms. The van der Waals surface area contributed by atoms with Gasteiger partial charge in [0.25, 0.3) is 0 Å². The number of nitrogens with two attached hydrogens (primary N) is 1. The van der Waals surface area contributed by atoms with Crippen LogP contribution in [0.5, 0.6) is 5.75 Å². The lowest BCUT2D eigenvalue weighted by molar-refractivity contribution is 0.143. The molecule has 7 heteroatoms. The summed E-state index contributed by atoms with van der Waals surface area (Å²) in [6, 6.07) is 10.2. The largest absolute Gasteiger partial charge is 0.511 e. The van der Waals surface area contributed by atoms with Crippen LogP contribution in [0.3, 0.4) is 0 Å². The number of fused-ring (bicyclic) bond motifs is 1. The summed E-state index contributed by atoms with van der Waals surface area (Å²) < 4.78 is 21.2. The van der Waals surface area contributed by atoms with Gasteiger partial charge in [-0.3, -0.25) is 4.79 Å². The summed E-state index contributed by atoms with van der Waals surface area (Å²) >= 11 is 0. The van der Waals surface area contributed by atoms with E-state index in [9.17, 15) is 14.0 Å². The van der Waals surface area contributed by atoms with Gasteiger partial charge in [-0.2, -0.15) is 0 Å². The number of carbonyl (C=O) groups is 1. The number of halogens is 1. The molecule has 0 radical (unpaired) electrons. The predicted octanol–water partition coefficient (Wildman–Crippen LogP) is 3.66. The van der Waals surface area contributed by atoms with Gasteiger partial charge in [0.2, 0.25) is 5.43 Å². The number of hydrogen-bond donors (Lipinski definition) is 2. The van der Waals surface area contributed by atoms with Crippen molar-refractivity contribution in [1.82, 2.24) is 4.57 Å². The van der Waals surface area contributed by atoms with E-state index >= 15 is 0 Å². The standard InChI is InChI=1S/C20H17FN2O4/c21-16-7-15-17(8-14(16)12-3-1-11(9-22)2-4-12)23(13-5-6-13)10-18(19(15)24)27-20(25)26/h1-4,7-8,10,13H,5-6,9,22H2,(H,25,26). The van der Waals surface area contributed by atoms with Crippen LogP contribution < -0.4 is 15.9 Å². The van der Waals surface area contributed by atoms with E-state index in [1.54, 1.807) is 22.8 Å². The molecule has 0 atom stereocenters. The third-order valence-electron chi connectivity index (χ3n) is 4.73. The van der Waals surface area contributed by atoms with E-state index in [-0.39, 0.29) is 17.2 Å². The molecule has 1 aliphatic rings. The van der Waals surface area contributed by atoms with Crippen LogP contribution in [0.2, 0.25) is 0 Å². The minimum atomic E-state index is -1.58. The first-order valence-electron chi connectivity index (χ1n) is 8.56. The average Bonchev–Trinajstić information content (AvgIpc) is 3.49. The Morgan fingerprint density at radius 1 is 1.26 bits per heavy atom. The van der Waals surface area contributed by atoms with Crippen LogP contribution in [0.25, 0.3) is 22.0 Å². The van der Waals surface area contributed by atoms with Crippen LogP contribution in [0.15, 0.2) is 47.4 Å². The number of nitrogens with zero attached hydrogens (tertiary/aromatic N) is 1. The maximum absolute atomic E-state index is 14.8. The molecule has 0 saturated heterocycles.